The number of carbonyl (C=O) groups is 1. The van der Waals surface area contributed by atoms with Gasteiger partial charge >= 0.3 is 6.18 Å². The predicted molar refractivity (Wildman–Crippen MR) is 104 cm³/mol. The molecule has 1 aliphatic heterocycles. The molecule has 164 valence electrons. The highest BCUT2D eigenvalue weighted by molar-refractivity contribution is 5.78. The van der Waals surface area contributed by atoms with Gasteiger partial charge in [0.2, 0.25) is 5.91 Å². The Morgan fingerprint density at radius 1 is 1.23 bits per heavy atom. The summed E-state index contributed by atoms with van der Waals surface area (Å²) in [4.78, 5) is 23.6. The zero-order chi connectivity index (χ0) is 21.3. The van der Waals surface area contributed by atoms with Gasteiger partial charge in [-0.1, -0.05) is 19.8 Å². The van der Waals surface area contributed by atoms with Gasteiger partial charge in [0, 0.05) is 38.3 Å². The molecule has 2 fully saturated rings. The molecule has 0 radical (unpaired) electrons. The first kappa shape index (κ1) is 20.8. The lowest BCUT2D eigenvalue weighted by atomic mass is 9.87. The minimum Gasteiger partial charge on any atom is -0.354 e. The summed E-state index contributed by atoms with van der Waals surface area (Å²) in [5.41, 5.74) is -0.985. The molecule has 2 atom stereocenters. The molecule has 1 saturated carbocycles. The van der Waals surface area contributed by atoms with Gasteiger partial charge in [0.25, 0.3) is 5.78 Å². The van der Waals surface area contributed by atoms with Crippen LogP contribution in [0.1, 0.15) is 38.3 Å². The van der Waals surface area contributed by atoms with Gasteiger partial charge in [0.15, 0.2) is 5.69 Å². The third kappa shape index (κ3) is 4.66. The largest absolute Gasteiger partial charge is 0.433 e. The lowest BCUT2D eigenvalue weighted by Gasteiger charge is -2.36. The standard InChI is InChI=1S/C19H26F3N7O/c1-13-3-2-4-14(9-13)25-16(30)11-27-5-7-28(8-6-27)17-10-15(19(20,21)22)26-18-23-12-24-29(17)18/h10,12-14H,2-9,11H2,1H3,(H,25,30). The summed E-state index contributed by atoms with van der Waals surface area (Å²) in [7, 11) is 0. The van der Waals surface area contributed by atoms with Crippen molar-refractivity contribution in [3.63, 3.8) is 0 Å². The van der Waals surface area contributed by atoms with Crippen LogP contribution in [0.5, 0.6) is 0 Å². The molecule has 1 N–H and O–H groups in total. The minimum atomic E-state index is -4.56. The van der Waals surface area contributed by atoms with E-state index in [0.717, 1.165) is 25.3 Å². The Balaban J connectivity index is 1.37. The first-order valence-corrected chi connectivity index (χ1v) is 10.3. The van der Waals surface area contributed by atoms with Crippen LogP contribution in [-0.4, -0.2) is 69.2 Å². The number of amides is 1. The van der Waals surface area contributed by atoms with Gasteiger partial charge in [0.1, 0.15) is 12.1 Å². The molecule has 1 saturated heterocycles. The number of nitrogens with one attached hydrogen (secondary N) is 1. The average molecular weight is 425 g/mol. The normalized spacial score (nSPS) is 23.7. The van der Waals surface area contributed by atoms with Crippen molar-refractivity contribution in [1.29, 1.82) is 0 Å². The van der Waals surface area contributed by atoms with E-state index in [1.807, 2.05) is 9.80 Å². The topological polar surface area (TPSA) is 78.7 Å². The SMILES string of the molecule is CC1CCCC(NC(=O)CN2CCN(c3cc(C(F)(F)F)nc4ncnn34)CC2)C1. The molecular weight excluding hydrogens is 399 g/mol. The van der Waals surface area contributed by atoms with Crippen LogP contribution < -0.4 is 10.2 Å². The van der Waals surface area contributed by atoms with Crippen LogP contribution >= 0.6 is 0 Å². The second-order valence-electron chi connectivity index (χ2n) is 8.27. The van der Waals surface area contributed by atoms with Gasteiger partial charge in [0.05, 0.1) is 6.54 Å². The first-order valence-electron chi connectivity index (χ1n) is 10.3. The van der Waals surface area contributed by atoms with E-state index in [1.54, 1.807) is 0 Å². The van der Waals surface area contributed by atoms with Crippen molar-refractivity contribution >= 4 is 17.5 Å². The van der Waals surface area contributed by atoms with Crippen molar-refractivity contribution in [1.82, 2.24) is 29.8 Å². The van der Waals surface area contributed by atoms with E-state index in [2.05, 4.69) is 27.3 Å². The molecule has 4 rings (SSSR count). The molecule has 2 aromatic heterocycles. The van der Waals surface area contributed by atoms with Crippen molar-refractivity contribution in [3.8, 4) is 0 Å². The zero-order valence-electron chi connectivity index (χ0n) is 16.9. The Hall–Kier alpha value is -2.43. The summed E-state index contributed by atoms with van der Waals surface area (Å²) in [6.07, 6.45) is 1.06. The van der Waals surface area contributed by atoms with Gasteiger partial charge in [-0.3, -0.25) is 9.69 Å². The van der Waals surface area contributed by atoms with E-state index in [4.69, 9.17) is 0 Å². The van der Waals surface area contributed by atoms with E-state index in [9.17, 15) is 18.0 Å². The van der Waals surface area contributed by atoms with Gasteiger partial charge in [-0.05, 0) is 18.8 Å². The summed E-state index contributed by atoms with van der Waals surface area (Å²) in [5.74, 6) is 0.890. The van der Waals surface area contributed by atoms with Crippen LogP contribution in [0.2, 0.25) is 0 Å². The number of hydrogen-bond acceptors (Lipinski definition) is 6. The number of carbonyl (C=O) groups excluding carboxylic acids is 1. The van der Waals surface area contributed by atoms with Gasteiger partial charge in [-0.25, -0.2) is 4.98 Å². The molecule has 0 bridgehead atoms. The van der Waals surface area contributed by atoms with E-state index in [0.29, 0.717) is 44.5 Å². The summed E-state index contributed by atoms with van der Waals surface area (Å²) >= 11 is 0. The van der Waals surface area contributed by atoms with E-state index >= 15 is 0 Å². The second-order valence-corrected chi connectivity index (χ2v) is 8.27. The number of hydrogen-bond donors (Lipinski definition) is 1. The quantitative estimate of drug-likeness (QED) is 0.807. The van der Waals surface area contributed by atoms with Crippen LogP contribution in [0, 0.1) is 5.92 Å². The summed E-state index contributed by atoms with van der Waals surface area (Å²) in [6.45, 7) is 4.66. The van der Waals surface area contributed by atoms with Gasteiger partial charge in [-0.15, -0.1) is 0 Å². The summed E-state index contributed by atoms with van der Waals surface area (Å²) in [6, 6.07) is 1.26. The van der Waals surface area contributed by atoms with E-state index in [1.165, 1.54) is 17.3 Å². The average Bonchev–Trinajstić information content (AvgIpc) is 3.16. The number of nitrogens with zero attached hydrogens (tertiary/aromatic N) is 6. The molecule has 11 heteroatoms. The molecule has 0 spiro atoms. The molecule has 2 aromatic rings. The number of fused-ring (bicyclic) bond motifs is 1. The third-order valence-electron chi connectivity index (χ3n) is 5.89. The summed E-state index contributed by atoms with van der Waals surface area (Å²) in [5, 5.41) is 7.15. The lowest BCUT2D eigenvalue weighted by Crippen LogP contribution is -2.51. The van der Waals surface area contributed by atoms with Crippen LogP contribution in [-0.2, 0) is 11.0 Å². The highest BCUT2D eigenvalue weighted by atomic mass is 19.4. The molecule has 3 heterocycles. The fourth-order valence-corrected chi connectivity index (χ4v) is 4.34. The molecule has 2 unspecified atom stereocenters. The maximum absolute atomic E-state index is 13.2. The van der Waals surface area contributed by atoms with E-state index < -0.39 is 11.9 Å². The number of halogens is 3. The Bertz CT molecular complexity index is 892. The third-order valence-corrected chi connectivity index (χ3v) is 5.89. The Morgan fingerprint density at radius 3 is 2.70 bits per heavy atom. The fourth-order valence-electron chi connectivity index (χ4n) is 4.34. The minimum absolute atomic E-state index is 0.0180. The first-order chi connectivity index (χ1) is 14.3. The molecule has 1 amide bonds. The van der Waals surface area contributed by atoms with Crippen molar-refractivity contribution in [2.24, 2.45) is 5.92 Å². The molecule has 30 heavy (non-hydrogen) atoms. The summed E-state index contributed by atoms with van der Waals surface area (Å²) < 4.78 is 40.9. The maximum atomic E-state index is 13.2. The lowest BCUT2D eigenvalue weighted by molar-refractivity contribution is -0.141. The number of rotatable bonds is 4. The second kappa shape index (κ2) is 8.37. The van der Waals surface area contributed by atoms with Gasteiger partial charge < -0.3 is 10.2 Å². The van der Waals surface area contributed by atoms with Crippen LogP contribution in [0.25, 0.3) is 5.78 Å². The molecule has 1 aliphatic carbocycles. The number of alkyl halides is 3. The molecule has 8 nitrogen and oxygen atoms in total. The Kier molecular flexibility index (Phi) is 5.81. The van der Waals surface area contributed by atoms with Gasteiger partial charge in [-0.2, -0.15) is 27.8 Å². The fraction of sp³-hybridized carbons (Fsp3) is 0.684. The van der Waals surface area contributed by atoms with Crippen molar-refractivity contribution in [2.75, 3.05) is 37.6 Å². The maximum Gasteiger partial charge on any atom is 0.433 e. The van der Waals surface area contributed by atoms with E-state index in [-0.39, 0.29) is 17.7 Å². The molecular formula is C19H26F3N7O. The number of anilines is 1. The molecule has 2 aliphatic rings. The highest BCUT2D eigenvalue weighted by Gasteiger charge is 2.35. The zero-order valence-corrected chi connectivity index (χ0v) is 16.9. The number of aromatic nitrogens is 4. The van der Waals surface area contributed by atoms with Crippen LogP contribution in [0.4, 0.5) is 19.0 Å². The van der Waals surface area contributed by atoms with Crippen LogP contribution in [0.3, 0.4) is 0 Å². The monoisotopic (exact) mass is 425 g/mol. The predicted octanol–water partition coefficient (Wildman–Crippen LogP) is 1.96. The Morgan fingerprint density at radius 2 is 2.00 bits per heavy atom. The molecule has 0 aromatic carbocycles. The van der Waals surface area contributed by atoms with Crippen molar-refractivity contribution < 1.29 is 18.0 Å². The number of piperazine rings is 1. The van der Waals surface area contributed by atoms with Crippen LogP contribution in [0.15, 0.2) is 12.4 Å². The van der Waals surface area contributed by atoms with Crippen molar-refractivity contribution in [3.05, 3.63) is 18.1 Å². The smallest absolute Gasteiger partial charge is 0.354 e. The van der Waals surface area contributed by atoms with Crippen molar-refractivity contribution in [2.45, 2.75) is 44.8 Å². The Labute approximate surface area is 172 Å². The highest BCUT2D eigenvalue weighted by Crippen LogP contribution is 2.31.